The van der Waals surface area contributed by atoms with E-state index in [-0.39, 0.29) is 12.3 Å². The van der Waals surface area contributed by atoms with Crippen molar-refractivity contribution in [2.24, 2.45) is 0 Å². The lowest BCUT2D eigenvalue weighted by Gasteiger charge is -2.29. The predicted octanol–water partition coefficient (Wildman–Crippen LogP) is 2.99. The lowest BCUT2D eigenvalue weighted by molar-refractivity contribution is -0.871. The lowest BCUT2D eigenvalue weighted by atomic mass is 10.1. The van der Waals surface area contributed by atoms with Crippen molar-refractivity contribution in [3.05, 3.63) is 59.5 Å². The van der Waals surface area contributed by atoms with Gasteiger partial charge in [0.1, 0.15) is 12.0 Å². The summed E-state index contributed by atoms with van der Waals surface area (Å²) in [6.07, 6.45) is 1.32. The topological polar surface area (TPSA) is 79.5 Å². The zero-order valence-electron chi connectivity index (χ0n) is 16.0. The minimum atomic E-state index is -0.932. The molecule has 1 heterocycles. The largest absolute Gasteiger partial charge is 0.481 e. The van der Waals surface area contributed by atoms with Crippen LogP contribution in [0, 0.1) is 0 Å². The number of amides is 1. The lowest BCUT2D eigenvalue weighted by Crippen LogP contribution is -2.49. The van der Waals surface area contributed by atoms with E-state index in [9.17, 15) is 9.59 Å². The average molecular weight is 392 g/mol. The molecule has 0 aliphatic rings. The van der Waals surface area contributed by atoms with Crippen LogP contribution in [0.25, 0.3) is 0 Å². The van der Waals surface area contributed by atoms with Gasteiger partial charge >= 0.3 is 5.97 Å². The molecule has 2 aromatic rings. The van der Waals surface area contributed by atoms with Crippen molar-refractivity contribution >= 4 is 23.6 Å². The molecule has 1 aromatic heterocycles. The molecule has 1 atom stereocenters. The summed E-state index contributed by atoms with van der Waals surface area (Å²) in [5.74, 6) is 1.02. The standard InChI is InChI=1S/C20H26N2O4S/c1-22(2,3)11-17(10-19(23)24)21-20(25)16-9-18(26-12-16)14-27-13-15-7-5-4-6-8-15/h4-9,12,17H,10-11,13-14H2,1-3H3,(H-,21,23,24,25)/p+1/t17-/m1/s1. The molecule has 0 unspecified atom stereocenters. The number of carbonyl (C=O) groups excluding carboxylic acids is 1. The molecule has 0 saturated carbocycles. The maximum Gasteiger partial charge on any atom is 0.305 e. The van der Waals surface area contributed by atoms with Gasteiger partial charge in [0.2, 0.25) is 0 Å². The second-order valence-corrected chi connectivity index (χ2v) is 8.51. The highest BCUT2D eigenvalue weighted by atomic mass is 32.2. The molecule has 0 fully saturated rings. The van der Waals surface area contributed by atoms with Gasteiger partial charge in [-0.25, -0.2) is 0 Å². The Bertz CT molecular complexity index is 753. The Morgan fingerprint density at radius 1 is 1.19 bits per heavy atom. The fourth-order valence-electron chi connectivity index (χ4n) is 2.72. The third kappa shape index (κ3) is 7.88. The summed E-state index contributed by atoms with van der Waals surface area (Å²) in [5.41, 5.74) is 1.66. The molecule has 2 N–H and O–H groups in total. The van der Waals surface area contributed by atoms with Gasteiger partial charge in [0, 0.05) is 5.75 Å². The highest BCUT2D eigenvalue weighted by Gasteiger charge is 2.24. The number of furan rings is 1. The molecule has 0 bridgehead atoms. The first-order chi connectivity index (χ1) is 12.7. The van der Waals surface area contributed by atoms with Gasteiger partial charge in [-0.1, -0.05) is 30.3 Å². The van der Waals surface area contributed by atoms with Gasteiger partial charge in [-0.3, -0.25) is 9.59 Å². The average Bonchev–Trinajstić information content (AvgIpc) is 3.02. The molecule has 0 saturated heterocycles. The molecular weight excluding hydrogens is 364 g/mol. The Labute approximate surface area is 164 Å². The van der Waals surface area contributed by atoms with Gasteiger partial charge < -0.3 is 19.3 Å². The number of carboxylic acids is 1. The number of benzene rings is 1. The van der Waals surface area contributed by atoms with Crippen LogP contribution in [0.3, 0.4) is 0 Å². The first-order valence-electron chi connectivity index (χ1n) is 8.75. The summed E-state index contributed by atoms with van der Waals surface area (Å²) in [6.45, 7) is 0.523. The van der Waals surface area contributed by atoms with Crippen LogP contribution in [-0.2, 0) is 16.3 Å². The molecule has 27 heavy (non-hydrogen) atoms. The zero-order chi connectivity index (χ0) is 19.9. The van der Waals surface area contributed by atoms with E-state index in [0.717, 1.165) is 11.5 Å². The molecule has 0 spiro atoms. The number of rotatable bonds is 10. The fourth-order valence-corrected chi connectivity index (χ4v) is 3.60. The molecule has 6 nitrogen and oxygen atoms in total. The number of nitrogens with zero attached hydrogens (tertiary/aromatic N) is 1. The van der Waals surface area contributed by atoms with E-state index in [1.54, 1.807) is 17.8 Å². The minimum absolute atomic E-state index is 0.112. The normalized spacial score (nSPS) is 12.6. The smallest absolute Gasteiger partial charge is 0.305 e. The quantitative estimate of drug-likeness (QED) is 0.609. The summed E-state index contributed by atoms with van der Waals surface area (Å²) < 4.78 is 6.05. The van der Waals surface area contributed by atoms with Crippen LogP contribution in [0.1, 0.15) is 28.1 Å². The van der Waals surface area contributed by atoms with E-state index in [0.29, 0.717) is 22.3 Å². The molecule has 7 heteroatoms. The van der Waals surface area contributed by atoms with Gasteiger partial charge in [-0.05, 0) is 11.6 Å². The number of carbonyl (C=O) groups is 2. The SMILES string of the molecule is C[N+](C)(C)C[C@@H](CC(=O)O)NC(=O)c1coc(CSCc2ccccc2)c1. The van der Waals surface area contributed by atoms with Crippen molar-refractivity contribution < 1.29 is 23.6 Å². The highest BCUT2D eigenvalue weighted by molar-refractivity contribution is 7.97. The Balaban J connectivity index is 1.89. The molecule has 146 valence electrons. The number of quaternary nitrogens is 1. The van der Waals surface area contributed by atoms with E-state index >= 15 is 0 Å². The molecule has 0 aliphatic heterocycles. The fraction of sp³-hybridized carbons (Fsp3) is 0.400. The summed E-state index contributed by atoms with van der Waals surface area (Å²) >= 11 is 1.71. The summed E-state index contributed by atoms with van der Waals surface area (Å²) in [4.78, 5) is 23.5. The molecule has 0 radical (unpaired) electrons. The number of carboxylic acid groups (broad SMARTS) is 1. The minimum Gasteiger partial charge on any atom is -0.481 e. The monoisotopic (exact) mass is 391 g/mol. The van der Waals surface area contributed by atoms with Crippen molar-refractivity contribution in [2.45, 2.75) is 24.0 Å². The number of hydrogen-bond acceptors (Lipinski definition) is 4. The number of hydrogen-bond donors (Lipinski definition) is 2. The summed E-state index contributed by atoms with van der Waals surface area (Å²) in [6, 6.07) is 11.4. The third-order valence-corrected chi connectivity index (χ3v) is 4.82. The first kappa shape index (κ1) is 21.1. The second-order valence-electron chi connectivity index (χ2n) is 7.52. The van der Waals surface area contributed by atoms with Gasteiger partial charge in [0.25, 0.3) is 5.91 Å². The maximum absolute atomic E-state index is 12.5. The number of thioether (sulfide) groups is 1. The molecule has 2 rings (SSSR count). The van der Waals surface area contributed by atoms with E-state index in [1.165, 1.54) is 11.8 Å². The van der Waals surface area contributed by atoms with Gasteiger partial charge in [-0.2, -0.15) is 0 Å². The van der Waals surface area contributed by atoms with Crippen molar-refractivity contribution in [1.82, 2.24) is 5.32 Å². The molecule has 1 amide bonds. The number of nitrogens with one attached hydrogen (secondary N) is 1. The summed E-state index contributed by atoms with van der Waals surface area (Å²) in [5, 5.41) is 11.9. The van der Waals surface area contributed by atoms with Crippen LogP contribution in [0.2, 0.25) is 0 Å². The molecule has 0 aliphatic carbocycles. The molecular formula is C20H27N2O4S+. The van der Waals surface area contributed by atoms with Crippen molar-refractivity contribution in [3.63, 3.8) is 0 Å². The second kappa shape index (κ2) is 9.62. The van der Waals surface area contributed by atoms with Gasteiger partial charge in [0.05, 0.1) is 51.5 Å². The molecule has 1 aromatic carbocycles. The van der Waals surface area contributed by atoms with Gasteiger partial charge in [0.15, 0.2) is 0 Å². The van der Waals surface area contributed by atoms with Crippen molar-refractivity contribution in [1.29, 1.82) is 0 Å². The Kier molecular flexibility index (Phi) is 7.50. The van der Waals surface area contributed by atoms with Crippen LogP contribution < -0.4 is 5.32 Å². The first-order valence-corrected chi connectivity index (χ1v) is 9.90. The van der Waals surface area contributed by atoms with Gasteiger partial charge in [-0.15, -0.1) is 11.8 Å². The van der Waals surface area contributed by atoms with E-state index in [1.807, 2.05) is 39.3 Å². The van der Waals surface area contributed by atoms with Crippen LogP contribution in [0.5, 0.6) is 0 Å². The van der Waals surface area contributed by atoms with Crippen molar-refractivity contribution in [3.8, 4) is 0 Å². The number of aliphatic carboxylic acids is 1. The third-order valence-electron chi connectivity index (χ3n) is 3.80. The zero-order valence-corrected chi connectivity index (χ0v) is 16.8. The van der Waals surface area contributed by atoms with Crippen LogP contribution in [-0.4, -0.2) is 55.2 Å². The Morgan fingerprint density at radius 2 is 1.89 bits per heavy atom. The van der Waals surface area contributed by atoms with Crippen LogP contribution in [0.15, 0.2) is 47.1 Å². The van der Waals surface area contributed by atoms with Crippen LogP contribution >= 0.6 is 11.8 Å². The predicted molar refractivity (Wildman–Crippen MR) is 107 cm³/mol. The highest BCUT2D eigenvalue weighted by Crippen LogP contribution is 2.19. The van der Waals surface area contributed by atoms with Crippen LogP contribution in [0.4, 0.5) is 0 Å². The van der Waals surface area contributed by atoms with Crippen molar-refractivity contribution in [2.75, 3.05) is 27.7 Å². The van der Waals surface area contributed by atoms with E-state index < -0.39 is 12.0 Å². The van der Waals surface area contributed by atoms with E-state index in [4.69, 9.17) is 9.52 Å². The maximum atomic E-state index is 12.5. The van der Waals surface area contributed by atoms with E-state index in [2.05, 4.69) is 17.4 Å². The number of likely N-dealkylation sites (N-methyl/N-ethyl adjacent to an activating group) is 1. The Morgan fingerprint density at radius 3 is 2.52 bits per heavy atom. The summed E-state index contributed by atoms with van der Waals surface area (Å²) in [7, 11) is 5.88. The Hall–Kier alpha value is -2.25.